The molecule has 7 nitrogen and oxygen atoms in total. The first kappa shape index (κ1) is 21.0. The quantitative estimate of drug-likeness (QED) is 0.609. The number of ether oxygens (including phenoxy) is 1. The number of aromatic nitrogens is 3. The molecule has 0 aliphatic heterocycles. The van der Waals surface area contributed by atoms with Gasteiger partial charge in [0.2, 0.25) is 5.91 Å². The molecule has 0 saturated heterocycles. The second-order valence-corrected chi connectivity index (χ2v) is 7.91. The molecule has 0 saturated carbocycles. The second-order valence-electron chi connectivity index (χ2n) is 7.91. The van der Waals surface area contributed by atoms with Gasteiger partial charge in [0, 0.05) is 47.3 Å². The minimum atomic E-state index is -2.88. The maximum absolute atomic E-state index is 12.7. The molecule has 1 aliphatic carbocycles. The van der Waals surface area contributed by atoms with Gasteiger partial charge in [0.05, 0.1) is 11.9 Å². The zero-order valence-corrected chi connectivity index (χ0v) is 17.3. The zero-order chi connectivity index (χ0) is 22.0. The molecule has 1 N–H and O–H groups in total. The minimum absolute atomic E-state index is 0.0164. The van der Waals surface area contributed by atoms with Crippen LogP contribution in [0.2, 0.25) is 0 Å². The molecule has 2 heterocycles. The Morgan fingerprint density at radius 3 is 2.94 bits per heavy atom. The number of rotatable bonds is 7. The number of carbonyl (C=O) groups is 1. The van der Waals surface area contributed by atoms with Gasteiger partial charge >= 0.3 is 6.61 Å². The fourth-order valence-electron chi connectivity index (χ4n) is 3.99. The number of alkyl halides is 2. The van der Waals surface area contributed by atoms with Gasteiger partial charge in [0.1, 0.15) is 12.0 Å². The molecule has 0 fully saturated rings. The minimum Gasteiger partial charge on any atom is -0.435 e. The molecule has 3 aromatic rings. The van der Waals surface area contributed by atoms with Crippen LogP contribution in [-0.2, 0) is 24.2 Å². The highest BCUT2D eigenvalue weighted by molar-refractivity contribution is 5.79. The van der Waals surface area contributed by atoms with Crippen molar-refractivity contribution in [3.05, 3.63) is 53.5 Å². The highest BCUT2D eigenvalue weighted by atomic mass is 19.3. The molecule has 0 radical (unpaired) electrons. The number of benzene rings is 1. The molecule has 1 amide bonds. The topological polar surface area (TPSA) is 82.2 Å². The van der Waals surface area contributed by atoms with Crippen LogP contribution in [0, 0.1) is 5.92 Å². The van der Waals surface area contributed by atoms with Crippen LogP contribution in [-0.4, -0.2) is 27.5 Å². The standard InChI is InChI=1S/C22H24F2N4O3/c1-13(2)28-19-9-16(21(29)25-10-14-11-26-30-12-14)6-7-18(19)20(27-28)15-4-3-5-17(8-15)31-22(23)24/h3-5,8,11-13,16,22H,6-7,9-10H2,1-2H3,(H,25,29)/t16-/m1/s1. The van der Waals surface area contributed by atoms with Crippen molar-refractivity contribution in [1.29, 1.82) is 0 Å². The summed E-state index contributed by atoms with van der Waals surface area (Å²) in [5.41, 5.74) is 4.37. The number of halogens is 2. The first-order valence-electron chi connectivity index (χ1n) is 10.2. The molecule has 0 bridgehead atoms. The highest BCUT2D eigenvalue weighted by Crippen LogP contribution is 2.36. The lowest BCUT2D eigenvalue weighted by Gasteiger charge is -2.24. The monoisotopic (exact) mass is 430 g/mol. The van der Waals surface area contributed by atoms with Crippen LogP contribution in [0.4, 0.5) is 8.78 Å². The van der Waals surface area contributed by atoms with Gasteiger partial charge in [-0.3, -0.25) is 9.48 Å². The van der Waals surface area contributed by atoms with Crippen LogP contribution >= 0.6 is 0 Å². The van der Waals surface area contributed by atoms with Crippen molar-refractivity contribution in [3.63, 3.8) is 0 Å². The Labute approximate surface area is 178 Å². The molecule has 0 unspecified atom stereocenters. The van der Waals surface area contributed by atoms with Gasteiger partial charge in [0.15, 0.2) is 0 Å². The summed E-state index contributed by atoms with van der Waals surface area (Å²) in [6, 6.07) is 6.69. The number of nitrogens with one attached hydrogen (secondary N) is 1. The molecular weight excluding hydrogens is 406 g/mol. The predicted octanol–water partition coefficient (Wildman–Crippen LogP) is 4.14. The third kappa shape index (κ3) is 4.60. The van der Waals surface area contributed by atoms with E-state index in [2.05, 4.69) is 15.2 Å². The van der Waals surface area contributed by atoms with E-state index >= 15 is 0 Å². The SMILES string of the molecule is CC(C)n1nc(-c2cccc(OC(F)F)c2)c2c1C[C@H](C(=O)NCc1cnoc1)CC2. The second kappa shape index (κ2) is 8.87. The number of carbonyl (C=O) groups excluding carboxylic acids is 1. The summed E-state index contributed by atoms with van der Waals surface area (Å²) in [6.45, 7) is 1.55. The number of nitrogens with zero attached hydrogens (tertiary/aromatic N) is 3. The van der Waals surface area contributed by atoms with Gasteiger partial charge in [-0.1, -0.05) is 17.3 Å². The largest absolute Gasteiger partial charge is 0.435 e. The lowest BCUT2D eigenvalue weighted by molar-refractivity contribution is -0.125. The molecule has 0 spiro atoms. The molecule has 1 atom stereocenters. The first-order valence-corrected chi connectivity index (χ1v) is 10.2. The summed E-state index contributed by atoms with van der Waals surface area (Å²) in [6.07, 6.45) is 5.02. The molecule has 4 rings (SSSR count). The molecule has 31 heavy (non-hydrogen) atoms. The maximum atomic E-state index is 12.7. The normalized spacial score (nSPS) is 15.9. The lowest BCUT2D eigenvalue weighted by atomic mass is 9.85. The Bertz CT molecular complexity index is 1050. The van der Waals surface area contributed by atoms with Crippen molar-refractivity contribution < 1.29 is 22.8 Å². The number of hydrogen-bond donors (Lipinski definition) is 1. The van der Waals surface area contributed by atoms with Crippen LogP contribution in [0.15, 0.2) is 41.2 Å². The van der Waals surface area contributed by atoms with Gasteiger partial charge in [0.25, 0.3) is 0 Å². The van der Waals surface area contributed by atoms with Crippen LogP contribution in [0.25, 0.3) is 11.3 Å². The van der Waals surface area contributed by atoms with Gasteiger partial charge in [-0.05, 0) is 38.8 Å². The third-order valence-corrected chi connectivity index (χ3v) is 5.44. The van der Waals surface area contributed by atoms with E-state index in [1.165, 1.54) is 12.3 Å². The summed E-state index contributed by atoms with van der Waals surface area (Å²) in [5, 5.41) is 11.4. The number of fused-ring (bicyclic) bond motifs is 1. The average Bonchev–Trinajstić information content (AvgIpc) is 3.39. The van der Waals surface area contributed by atoms with Crippen molar-refractivity contribution in [2.24, 2.45) is 5.92 Å². The zero-order valence-electron chi connectivity index (χ0n) is 17.3. The fourth-order valence-corrected chi connectivity index (χ4v) is 3.99. The van der Waals surface area contributed by atoms with E-state index in [4.69, 9.17) is 9.62 Å². The average molecular weight is 430 g/mol. The smallest absolute Gasteiger partial charge is 0.387 e. The summed E-state index contributed by atoms with van der Waals surface area (Å²) in [4.78, 5) is 12.7. The van der Waals surface area contributed by atoms with Gasteiger partial charge < -0.3 is 14.6 Å². The van der Waals surface area contributed by atoms with E-state index in [9.17, 15) is 13.6 Å². The maximum Gasteiger partial charge on any atom is 0.387 e. The first-order chi connectivity index (χ1) is 14.9. The van der Waals surface area contributed by atoms with Crippen molar-refractivity contribution in [1.82, 2.24) is 20.3 Å². The summed E-state index contributed by atoms with van der Waals surface area (Å²) in [7, 11) is 0. The predicted molar refractivity (Wildman–Crippen MR) is 109 cm³/mol. The lowest BCUT2D eigenvalue weighted by Crippen LogP contribution is -2.34. The molecule has 1 aliphatic rings. The Morgan fingerprint density at radius 1 is 1.39 bits per heavy atom. The summed E-state index contributed by atoms with van der Waals surface area (Å²) in [5.74, 6) is -0.0812. The van der Waals surface area contributed by atoms with Crippen molar-refractivity contribution in [2.45, 2.75) is 52.3 Å². The Balaban J connectivity index is 1.57. The summed E-state index contributed by atoms with van der Waals surface area (Å²) >= 11 is 0. The van der Waals surface area contributed by atoms with Gasteiger partial charge in [-0.25, -0.2) is 0 Å². The number of amides is 1. The Kier molecular flexibility index (Phi) is 6.01. The van der Waals surface area contributed by atoms with Crippen molar-refractivity contribution >= 4 is 5.91 Å². The van der Waals surface area contributed by atoms with Crippen LogP contribution in [0.1, 0.15) is 43.1 Å². The van der Waals surface area contributed by atoms with E-state index in [0.29, 0.717) is 25.8 Å². The van der Waals surface area contributed by atoms with E-state index in [-0.39, 0.29) is 23.6 Å². The van der Waals surface area contributed by atoms with Gasteiger partial charge in [-0.2, -0.15) is 13.9 Å². The van der Waals surface area contributed by atoms with Crippen molar-refractivity contribution in [3.8, 4) is 17.0 Å². The van der Waals surface area contributed by atoms with Gasteiger partial charge in [-0.15, -0.1) is 0 Å². The Hall–Kier alpha value is -3.23. The Morgan fingerprint density at radius 2 is 2.23 bits per heavy atom. The van der Waals surface area contributed by atoms with E-state index in [1.54, 1.807) is 18.3 Å². The van der Waals surface area contributed by atoms with Crippen molar-refractivity contribution in [2.75, 3.05) is 0 Å². The van der Waals surface area contributed by atoms with E-state index < -0.39 is 6.61 Å². The number of hydrogen-bond acceptors (Lipinski definition) is 5. The van der Waals surface area contributed by atoms with Crippen LogP contribution in [0.5, 0.6) is 5.75 Å². The molecule has 2 aromatic heterocycles. The third-order valence-electron chi connectivity index (χ3n) is 5.44. The van der Waals surface area contributed by atoms with E-state index in [1.807, 2.05) is 24.6 Å². The highest BCUT2D eigenvalue weighted by Gasteiger charge is 2.31. The molecule has 1 aromatic carbocycles. The van der Waals surface area contributed by atoms with Crippen LogP contribution in [0.3, 0.4) is 0 Å². The summed E-state index contributed by atoms with van der Waals surface area (Å²) < 4.78 is 36.5. The fraction of sp³-hybridized carbons (Fsp3) is 0.409. The van der Waals surface area contributed by atoms with E-state index in [0.717, 1.165) is 28.1 Å². The van der Waals surface area contributed by atoms with Crippen LogP contribution < -0.4 is 10.1 Å². The molecular formula is C22H24F2N4O3. The molecule has 9 heteroatoms. The molecule has 164 valence electrons.